The summed E-state index contributed by atoms with van der Waals surface area (Å²) in [6.45, 7) is 1.92. The van der Waals surface area contributed by atoms with Gasteiger partial charge in [0.25, 0.3) is 0 Å². The van der Waals surface area contributed by atoms with Gasteiger partial charge in [-0.3, -0.25) is 9.97 Å². The van der Waals surface area contributed by atoms with Gasteiger partial charge in [0.15, 0.2) is 0 Å². The predicted octanol–water partition coefficient (Wildman–Crippen LogP) is 6.26. The Hall–Kier alpha value is -3.66. The second-order valence-corrected chi connectivity index (χ2v) is 7.42. The average molecular weight is 605 g/mol. The van der Waals surface area contributed by atoms with E-state index in [0.29, 0.717) is 0 Å². The standard InChI is InChI=1S/C19H12N.C9H8N3.Ir/c1-3-9-16-14(6-1)8-5-10-17(16)19-13-12-15-7-2-4-11-18(15)20-19;1-7-6-9(12-11-7)8-4-2-3-5-10-8;/h1-9,11-13H;2-6H,1H3;/q2*-1;. The molecule has 0 aliphatic heterocycles. The molecule has 3 aromatic heterocycles. The first-order valence-electron chi connectivity index (χ1n) is 10.4. The fourth-order valence-corrected chi connectivity index (χ4v) is 3.61. The molecule has 3 aromatic carbocycles. The van der Waals surface area contributed by atoms with Crippen molar-refractivity contribution in [3.05, 3.63) is 115 Å². The van der Waals surface area contributed by atoms with Gasteiger partial charge in [-0.15, -0.1) is 29.1 Å². The Kier molecular flexibility index (Phi) is 7.04. The predicted molar refractivity (Wildman–Crippen MR) is 129 cm³/mol. The Morgan fingerprint density at radius 1 is 0.758 bits per heavy atom. The number of aryl methyl sites for hydroxylation is 1. The van der Waals surface area contributed by atoms with Crippen molar-refractivity contribution in [1.82, 2.24) is 20.2 Å². The number of benzene rings is 3. The SMILES string of the molecule is Cc1cc(-c2ccccn2)[n-]n1.[Ir].[c-]1ccc2ccccc2c1-c1ccc2ccccc2n1. The zero-order valence-electron chi connectivity index (χ0n) is 17.9. The first kappa shape index (κ1) is 22.5. The van der Waals surface area contributed by atoms with Crippen LogP contribution >= 0.6 is 0 Å². The fraction of sp³-hybridized carbons (Fsp3) is 0.0357. The molecule has 33 heavy (non-hydrogen) atoms. The number of fused-ring (bicyclic) bond motifs is 2. The summed E-state index contributed by atoms with van der Waals surface area (Å²) >= 11 is 0. The van der Waals surface area contributed by atoms with Gasteiger partial charge in [-0.2, -0.15) is 0 Å². The molecule has 0 aliphatic rings. The summed E-state index contributed by atoms with van der Waals surface area (Å²) in [5.74, 6) is 0. The zero-order valence-corrected chi connectivity index (χ0v) is 20.3. The molecule has 0 unspecified atom stereocenters. The smallest absolute Gasteiger partial charge is 0.0595 e. The van der Waals surface area contributed by atoms with Crippen LogP contribution in [0.25, 0.3) is 44.3 Å². The van der Waals surface area contributed by atoms with E-state index < -0.39 is 0 Å². The summed E-state index contributed by atoms with van der Waals surface area (Å²) in [4.78, 5) is 8.92. The van der Waals surface area contributed by atoms with Gasteiger partial charge in [-0.1, -0.05) is 77.8 Å². The molecule has 0 aliphatic carbocycles. The summed E-state index contributed by atoms with van der Waals surface area (Å²) in [6.07, 6.45) is 1.75. The van der Waals surface area contributed by atoms with Crippen LogP contribution in [0.3, 0.4) is 0 Å². The third-order valence-corrected chi connectivity index (χ3v) is 5.16. The summed E-state index contributed by atoms with van der Waals surface area (Å²) in [5.41, 5.74) is 5.70. The van der Waals surface area contributed by atoms with E-state index in [1.54, 1.807) is 6.20 Å². The Morgan fingerprint density at radius 2 is 1.55 bits per heavy atom. The van der Waals surface area contributed by atoms with Crippen molar-refractivity contribution in [3.8, 4) is 22.6 Å². The van der Waals surface area contributed by atoms with Gasteiger partial charge in [-0.05, 0) is 36.2 Å². The van der Waals surface area contributed by atoms with Crippen molar-refractivity contribution in [1.29, 1.82) is 0 Å². The Morgan fingerprint density at radius 3 is 2.33 bits per heavy atom. The molecule has 0 amide bonds. The third-order valence-electron chi connectivity index (χ3n) is 5.16. The van der Waals surface area contributed by atoms with Crippen molar-refractivity contribution in [2.75, 3.05) is 0 Å². The maximum Gasteiger partial charge on any atom is 0.0595 e. The number of pyridine rings is 2. The third kappa shape index (κ3) is 5.06. The second kappa shape index (κ2) is 10.3. The number of nitrogens with zero attached hydrogens (tertiary/aromatic N) is 4. The average Bonchev–Trinajstić information content (AvgIpc) is 3.31. The second-order valence-electron chi connectivity index (χ2n) is 7.42. The molecular weight excluding hydrogens is 585 g/mol. The molecule has 6 aromatic rings. The van der Waals surface area contributed by atoms with Crippen molar-refractivity contribution < 1.29 is 20.1 Å². The first-order chi connectivity index (χ1) is 15.8. The Bertz CT molecular complexity index is 1490. The van der Waals surface area contributed by atoms with Crippen LogP contribution in [0.15, 0.2) is 103 Å². The van der Waals surface area contributed by atoms with Gasteiger partial charge in [0, 0.05) is 37.7 Å². The van der Waals surface area contributed by atoms with E-state index in [9.17, 15) is 0 Å². The minimum Gasteiger partial charge on any atom is -0.574 e. The van der Waals surface area contributed by atoms with Gasteiger partial charge < -0.3 is 10.2 Å². The molecule has 163 valence electrons. The number of hydrogen-bond donors (Lipinski definition) is 0. The molecular formula is C28H20IrN4-2. The van der Waals surface area contributed by atoms with Crippen molar-refractivity contribution in [3.63, 3.8) is 0 Å². The molecule has 0 fully saturated rings. The van der Waals surface area contributed by atoms with E-state index in [0.717, 1.165) is 39.2 Å². The normalized spacial score (nSPS) is 10.3. The molecule has 0 saturated carbocycles. The summed E-state index contributed by atoms with van der Waals surface area (Å²) < 4.78 is 0. The molecule has 5 heteroatoms. The molecule has 0 spiro atoms. The van der Waals surface area contributed by atoms with Gasteiger partial charge in [0.1, 0.15) is 0 Å². The van der Waals surface area contributed by atoms with Crippen LogP contribution in [0.4, 0.5) is 0 Å². The van der Waals surface area contributed by atoms with E-state index in [1.807, 2.05) is 55.5 Å². The number of rotatable bonds is 2. The number of hydrogen-bond acceptors (Lipinski definition) is 3. The quantitative estimate of drug-likeness (QED) is 0.219. The minimum absolute atomic E-state index is 0. The topological polar surface area (TPSA) is 52.8 Å². The Labute approximate surface area is 206 Å². The van der Waals surface area contributed by atoms with Crippen molar-refractivity contribution >= 4 is 21.7 Å². The van der Waals surface area contributed by atoms with Crippen LogP contribution in [0.1, 0.15) is 5.69 Å². The number of aromatic nitrogens is 4. The van der Waals surface area contributed by atoms with Crippen LogP contribution in [0.5, 0.6) is 0 Å². The molecule has 3 heterocycles. The van der Waals surface area contributed by atoms with Crippen molar-refractivity contribution in [2.45, 2.75) is 6.92 Å². The van der Waals surface area contributed by atoms with E-state index in [-0.39, 0.29) is 20.1 Å². The van der Waals surface area contributed by atoms with Crippen LogP contribution in [0, 0.1) is 13.0 Å². The van der Waals surface area contributed by atoms with E-state index in [2.05, 4.69) is 69.8 Å². The molecule has 4 nitrogen and oxygen atoms in total. The van der Waals surface area contributed by atoms with Gasteiger partial charge in [0.2, 0.25) is 0 Å². The molecule has 0 bridgehead atoms. The molecule has 6 rings (SSSR count). The van der Waals surface area contributed by atoms with Crippen LogP contribution in [0.2, 0.25) is 0 Å². The van der Waals surface area contributed by atoms with E-state index >= 15 is 0 Å². The maximum absolute atomic E-state index is 4.76. The zero-order chi connectivity index (χ0) is 21.8. The van der Waals surface area contributed by atoms with Gasteiger partial charge >= 0.3 is 0 Å². The molecule has 0 atom stereocenters. The minimum atomic E-state index is 0. The fourth-order valence-electron chi connectivity index (χ4n) is 3.61. The molecule has 0 N–H and O–H groups in total. The largest absolute Gasteiger partial charge is 0.574 e. The van der Waals surface area contributed by atoms with Gasteiger partial charge in [0.05, 0.1) is 5.52 Å². The summed E-state index contributed by atoms with van der Waals surface area (Å²) in [6, 6.07) is 35.8. The Balaban J connectivity index is 0.000000172. The van der Waals surface area contributed by atoms with E-state index in [4.69, 9.17) is 4.98 Å². The van der Waals surface area contributed by atoms with Crippen LogP contribution in [-0.4, -0.2) is 15.1 Å². The van der Waals surface area contributed by atoms with E-state index in [1.165, 1.54) is 10.8 Å². The first-order valence-corrected chi connectivity index (χ1v) is 10.4. The van der Waals surface area contributed by atoms with Gasteiger partial charge in [-0.25, -0.2) is 0 Å². The molecule has 0 saturated heterocycles. The van der Waals surface area contributed by atoms with Crippen LogP contribution in [-0.2, 0) is 20.1 Å². The maximum atomic E-state index is 4.76. The summed E-state index contributed by atoms with van der Waals surface area (Å²) in [7, 11) is 0. The summed E-state index contributed by atoms with van der Waals surface area (Å²) in [5, 5.41) is 11.5. The monoisotopic (exact) mass is 605 g/mol. The van der Waals surface area contributed by atoms with Crippen molar-refractivity contribution in [2.24, 2.45) is 0 Å². The number of para-hydroxylation sites is 1. The van der Waals surface area contributed by atoms with Crippen LogP contribution < -0.4 is 5.10 Å². The molecule has 1 radical (unpaired) electrons.